The van der Waals surface area contributed by atoms with Crippen molar-refractivity contribution in [2.45, 2.75) is 39.5 Å². The summed E-state index contributed by atoms with van der Waals surface area (Å²) >= 11 is 0. The lowest BCUT2D eigenvalue weighted by Crippen LogP contribution is -2.36. The lowest BCUT2D eigenvalue weighted by atomic mass is 9.95. The van der Waals surface area contributed by atoms with Crippen molar-refractivity contribution < 1.29 is 9.53 Å². The van der Waals surface area contributed by atoms with Gasteiger partial charge in [0.15, 0.2) is 0 Å². The number of aldehydes is 1. The predicted octanol–water partition coefficient (Wildman–Crippen LogP) is 6.73. The first-order chi connectivity index (χ1) is 17.7. The monoisotopic (exact) mass is 477 g/mol. The van der Waals surface area contributed by atoms with Crippen LogP contribution in [0.15, 0.2) is 89.1 Å². The van der Waals surface area contributed by atoms with E-state index in [1.54, 1.807) is 0 Å². The van der Waals surface area contributed by atoms with Crippen molar-refractivity contribution in [3.63, 3.8) is 0 Å². The van der Waals surface area contributed by atoms with Crippen LogP contribution < -0.4 is 9.64 Å². The molecule has 3 aromatic carbocycles. The van der Waals surface area contributed by atoms with Crippen LogP contribution in [0.4, 0.5) is 5.69 Å². The van der Waals surface area contributed by atoms with Gasteiger partial charge in [-0.25, -0.2) is 4.99 Å². The van der Waals surface area contributed by atoms with Crippen molar-refractivity contribution in [3.05, 3.63) is 95.2 Å². The summed E-state index contributed by atoms with van der Waals surface area (Å²) in [5, 5.41) is 9.45. The molecule has 0 saturated carbocycles. The number of amidine groups is 1. The average Bonchev–Trinajstić information content (AvgIpc) is 2.93. The number of nitriles is 1. The molecule has 5 nitrogen and oxygen atoms in total. The van der Waals surface area contributed by atoms with Crippen LogP contribution in [-0.2, 0) is 11.2 Å². The molecule has 36 heavy (non-hydrogen) atoms. The van der Waals surface area contributed by atoms with Gasteiger partial charge in [-0.2, -0.15) is 5.26 Å². The SMILES string of the molecule is CCOc1ccc(N2CC(Cc3ccc(-c4ccccc4C#N)cc3)=C(CCC=O)N=C2CC)cc1. The number of hydrogen-bond acceptors (Lipinski definition) is 5. The molecule has 0 atom stereocenters. The summed E-state index contributed by atoms with van der Waals surface area (Å²) in [6.07, 6.45) is 3.63. The third-order valence-electron chi connectivity index (χ3n) is 6.34. The molecule has 0 radical (unpaired) electrons. The van der Waals surface area contributed by atoms with Crippen molar-refractivity contribution in [2.24, 2.45) is 4.99 Å². The Bertz CT molecular complexity index is 1300. The average molecular weight is 478 g/mol. The van der Waals surface area contributed by atoms with Crippen LogP contribution in [0.1, 0.15) is 44.2 Å². The first kappa shape index (κ1) is 24.9. The molecule has 0 fully saturated rings. The first-order valence-electron chi connectivity index (χ1n) is 12.5. The zero-order chi connectivity index (χ0) is 25.3. The maximum absolute atomic E-state index is 11.1. The van der Waals surface area contributed by atoms with Gasteiger partial charge < -0.3 is 14.4 Å². The van der Waals surface area contributed by atoms with E-state index in [1.807, 2.05) is 43.3 Å². The van der Waals surface area contributed by atoms with Crippen LogP contribution in [0, 0.1) is 11.3 Å². The maximum Gasteiger partial charge on any atom is 0.120 e. The zero-order valence-corrected chi connectivity index (χ0v) is 20.9. The van der Waals surface area contributed by atoms with E-state index in [0.717, 1.165) is 59.8 Å². The van der Waals surface area contributed by atoms with Gasteiger partial charge in [-0.1, -0.05) is 49.4 Å². The minimum atomic E-state index is 0.465. The Morgan fingerprint density at radius 2 is 1.78 bits per heavy atom. The number of benzene rings is 3. The van der Waals surface area contributed by atoms with Crippen LogP contribution >= 0.6 is 0 Å². The largest absolute Gasteiger partial charge is 0.494 e. The normalized spacial score (nSPS) is 13.2. The summed E-state index contributed by atoms with van der Waals surface area (Å²) in [6.45, 7) is 5.46. The highest BCUT2D eigenvalue weighted by atomic mass is 16.5. The summed E-state index contributed by atoms with van der Waals surface area (Å²) in [4.78, 5) is 18.4. The van der Waals surface area contributed by atoms with E-state index in [9.17, 15) is 10.1 Å². The number of anilines is 1. The van der Waals surface area contributed by atoms with Gasteiger partial charge >= 0.3 is 0 Å². The van der Waals surface area contributed by atoms with Crippen molar-refractivity contribution in [2.75, 3.05) is 18.1 Å². The number of carbonyl (C=O) groups excluding carboxylic acids is 1. The molecule has 182 valence electrons. The second kappa shape index (κ2) is 12.0. The van der Waals surface area contributed by atoms with E-state index in [-0.39, 0.29) is 0 Å². The number of rotatable bonds is 10. The summed E-state index contributed by atoms with van der Waals surface area (Å²) in [5.74, 6) is 1.86. The quantitative estimate of drug-likeness (QED) is 0.304. The molecular formula is C31H31N3O2. The molecule has 1 heterocycles. The smallest absolute Gasteiger partial charge is 0.120 e. The molecule has 5 heteroatoms. The van der Waals surface area contributed by atoms with Gasteiger partial charge in [0, 0.05) is 30.8 Å². The Kier molecular flexibility index (Phi) is 8.31. The Hall–Kier alpha value is -4.17. The molecule has 4 rings (SSSR count). The summed E-state index contributed by atoms with van der Waals surface area (Å²) in [7, 11) is 0. The fraction of sp³-hybridized carbons (Fsp3) is 0.258. The molecule has 3 aromatic rings. The minimum absolute atomic E-state index is 0.465. The Balaban J connectivity index is 1.61. The summed E-state index contributed by atoms with van der Waals surface area (Å²) < 4.78 is 5.61. The third kappa shape index (κ3) is 5.72. The van der Waals surface area contributed by atoms with Crippen molar-refractivity contribution in [3.8, 4) is 22.9 Å². The van der Waals surface area contributed by atoms with Crippen LogP contribution in [-0.4, -0.2) is 25.3 Å². The highest BCUT2D eigenvalue weighted by Gasteiger charge is 2.22. The maximum atomic E-state index is 11.1. The van der Waals surface area contributed by atoms with Crippen molar-refractivity contribution >= 4 is 17.8 Å². The number of allylic oxidation sites excluding steroid dienone is 1. The molecule has 0 amide bonds. The van der Waals surface area contributed by atoms with E-state index in [4.69, 9.17) is 9.73 Å². The van der Waals surface area contributed by atoms with E-state index in [1.165, 1.54) is 11.1 Å². The standard InChI is InChI=1S/C31H31N3O2/c1-3-31-33-30(10-7-19-35)26(22-34(31)27-15-17-28(18-16-27)36-4-2)20-23-11-13-24(14-12-23)29-9-6-5-8-25(29)21-32/h5-6,8-9,11-19H,3-4,7,10,20,22H2,1-2H3. The molecular weight excluding hydrogens is 446 g/mol. The van der Waals surface area contributed by atoms with E-state index in [2.05, 4.69) is 54.3 Å². The Morgan fingerprint density at radius 1 is 1.03 bits per heavy atom. The van der Waals surface area contributed by atoms with Gasteiger partial charge in [0.1, 0.15) is 17.9 Å². The van der Waals surface area contributed by atoms with Gasteiger partial charge in [-0.15, -0.1) is 0 Å². The molecule has 0 aliphatic carbocycles. The predicted molar refractivity (Wildman–Crippen MR) is 145 cm³/mol. The molecule has 0 N–H and O–H groups in total. The Morgan fingerprint density at radius 3 is 2.44 bits per heavy atom. The molecule has 0 spiro atoms. The first-order valence-corrected chi connectivity index (χ1v) is 12.5. The second-order valence-corrected chi connectivity index (χ2v) is 8.68. The fourth-order valence-electron chi connectivity index (χ4n) is 4.53. The lowest BCUT2D eigenvalue weighted by Gasteiger charge is -2.32. The van der Waals surface area contributed by atoms with E-state index in [0.29, 0.717) is 25.0 Å². The van der Waals surface area contributed by atoms with Gasteiger partial charge in [0.25, 0.3) is 0 Å². The third-order valence-corrected chi connectivity index (χ3v) is 6.34. The van der Waals surface area contributed by atoms with Crippen LogP contribution in [0.3, 0.4) is 0 Å². The molecule has 0 unspecified atom stereocenters. The lowest BCUT2D eigenvalue weighted by molar-refractivity contribution is -0.107. The zero-order valence-electron chi connectivity index (χ0n) is 20.9. The molecule has 0 bridgehead atoms. The van der Waals surface area contributed by atoms with Crippen molar-refractivity contribution in [1.82, 2.24) is 0 Å². The number of ether oxygens (including phenoxy) is 1. The molecule has 1 aliphatic heterocycles. The molecule has 0 aromatic heterocycles. The van der Waals surface area contributed by atoms with E-state index >= 15 is 0 Å². The van der Waals surface area contributed by atoms with Crippen LogP contribution in [0.2, 0.25) is 0 Å². The van der Waals surface area contributed by atoms with Gasteiger partial charge in [0.05, 0.1) is 18.2 Å². The molecule has 0 saturated heterocycles. The minimum Gasteiger partial charge on any atom is -0.494 e. The highest BCUT2D eigenvalue weighted by Crippen LogP contribution is 2.30. The van der Waals surface area contributed by atoms with E-state index < -0.39 is 0 Å². The van der Waals surface area contributed by atoms with Crippen molar-refractivity contribution in [1.29, 1.82) is 5.26 Å². The summed E-state index contributed by atoms with van der Waals surface area (Å²) in [5.41, 5.74) is 7.12. The Labute approximate surface area is 213 Å². The fourth-order valence-corrected chi connectivity index (χ4v) is 4.53. The second-order valence-electron chi connectivity index (χ2n) is 8.68. The number of nitrogens with zero attached hydrogens (tertiary/aromatic N) is 3. The van der Waals surface area contributed by atoms with Gasteiger partial charge in [-0.05, 0) is 72.4 Å². The van der Waals surface area contributed by atoms with Gasteiger partial charge in [-0.3, -0.25) is 0 Å². The van der Waals surface area contributed by atoms with Crippen LogP contribution in [0.25, 0.3) is 11.1 Å². The number of aliphatic imine (C=N–C) groups is 1. The topological polar surface area (TPSA) is 65.7 Å². The van der Waals surface area contributed by atoms with Gasteiger partial charge in [0.2, 0.25) is 0 Å². The number of hydrogen-bond donors (Lipinski definition) is 0. The number of carbonyl (C=O) groups is 1. The van der Waals surface area contributed by atoms with Crippen LogP contribution in [0.5, 0.6) is 5.75 Å². The summed E-state index contributed by atoms with van der Waals surface area (Å²) in [6, 6.07) is 26.5. The highest BCUT2D eigenvalue weighted by molar-refractivity contribution is 5.99. The molecule has 1 aliphatic rings.